The molecule has 0 fully saturated rings. The summed E-state index contributed by atoms with van der Waals surface area (Å²) in [6.07, 6.45) is 1.80. The highest BCUT2D eigenvalue weighted by atomic mass is 32.1. The predicted molar refractivity (Wildman–Crippen MR) is 59.2 cm³/mol. The van der Waals surface area contributed by atoms with Crippen LogP contribution in [-0.2, 0) is 0 Å². The van der Waals surface area contributed by atoms with Gasteiger partial charge in [0.2, 0.25) is 0 Å². The van der Waals surface area contributed by atoms with Crippen molar-refractivity contribution in [2.24, 2.45) is 0 Å². The Bertz CT molecular complexity index is 259. The van der Waals surface area contributed by atoms with E-state index in [1.165, 1.54) is 0 Å². The number of rotatable bonds is 4. The van der Waals surface area contributed by atoms with Gasteiger partial charge in [0.1, 0.15) is 0 Å². The second-order valence-corrected chi connectivity index (χ2v) is 3.53. The van der Waals surface area contributed by atoms with Crippen molar-refractivity contribution in [3.05, 3.63) is 30.1 Å². The van der Waals surface area contributed by atoms with E-state index in [2.05, 4.69) is 9.88 Å². The normalized spacial score (nSPS) is 12.8. The molecule has 0 radical (unpaired) electrons. The zero-order valence-corrected chi connectivity index (χ0v) is 8.79. The van der Waals surface area contributed by atoms with Gasteiger partial charge in [0.05, 0.1) is 0 Å². The number of pyridine rings is 1. The summed E-state index contributed by atoms with van der Waals surface area (Å²) in [6.45, 7) is 0.917. The molecule has 1 aromatic rings. The van der Waals surface area contributed by atoms with Crippen LogP contribution in [0.4, 0.5) is 0 Å². The number of hydrogen-bond donors (Lipinski definition) is 0. The lowest BCUT2D eigenvalue weighted by Crippen LogP contribution is -2.21. The number of likely N-dealkylation sites (N-methyl/N-ethyl adjacent to an activating group) is 1. The second-order valence-electron chi connectivity index (χ2n) is 3.26. The van der Waals surface area contributed by atoms with Crippen molar-refractivity contribution in [2.45, 2.75) is 5.92 Å². The van der Waals surface area contributed by atoms with E-state index in [1.54, 1.807) is 11.6 Å². The number of thiocarbonyl (C=S) groups is 1. The van der Waals surface area contributed by atoms with E-state index in [9.17, 15) is 0 Å². The van der Waals surface area contributed by atoms with Crippen LogP contribution in [0, 0.1) is 0 Å². The van der Waals surface area contributed by atoms with Crippen molar-refractivity contribution < 1.29 is 0 Å². The van der Waals surface area contributed by atoms with E-state index in [0.717, 1.165) is 12.2 Å². The third kappa shape index (κ3) is 3.20. The highest BCUT2D eigenvalue weighted by molar-refractivity contribution is 7.79. The summed E-state index contributed by atoms with van der Waals surface area (Å²) < 4.78 is 0. The third-order valence-corrected chi connectivity index (χ3v) is 2.12. The molecule has 3 heteroatoms. The summed E-state index contributed by atoms with van der Waals surface area (Å²) in [6, 6.07) is 5.92. The van der Waals surface area contributed by atoms with Crippen LogP contribution < -0.4 is 0 Å². The molecule has 13 heavy (non-hydrogen) atoms. The highest BCUT2D eigenvalue weighted by Gasteiger charge is 2.09. The predicted octanol–water partition coefficient (Wildman–Crippen LogP) is 1.73. The van der Waals surface area contributed by atoms with Crippen molar-refractivity contribution in [1.82, 2.24) is 9.88 Å². The van der Waals surface area contributed by atoms with E-state index in [1.807, 2.05) is 32.3 Å². The quantitative estimate of drug-likeness (QED) is 0.679. The topological polar surface area (TPSA) is 16.1 Å². The molecule has 0 saturated heterocycles. The fourth-order valence-electron chi connectivity index (χ4n) is 1.19. The summed E-state index contributed by atoms with van der Waals surface area (Å²) in [5.74, 6) is 0.256. The Balaban J connectivity index is 2.73. The molecule has 1 heterocycles. The molecule has 1 aromatic heterocycles. The van der Waals surface area contributed by atoms with Crippen LogP contribution in [0.15, 0.2) is 24.4 Å². The molecule has 0 aliphatic carbocycles. The number of aromatic nitrogens is 1. The van der Waals surface area contributed by atoms with Gasteiger partial charge in [-0.25, -0.2) is 0 Å². The van der Waals surface area contributed by atoms with Gasteiger partial charge in [0.15, 0.2) is 0 Å². The first-order valence-corrected chi connectivity index (χ1v) is 4.72. The lowest BCUT2D eigenvalue weighted by molar-refractivity contribution is 0.403. The molecule has 70 valence electrons. The molecule has 1 unspecified atom stereocenters. The maximum absolute atomic E-state index is 4.98. The minimum absolute atomic E-state index is 0.256. The van der Waals surface area contributed by atoms with Gasteiger partial charge >= 0.3 is 0 Å². The maximum Gasteiger partial charge on any atom is 0.0493 e. The minimum atomic E-state index is 0.256. The zero-order valence-electron chi connectivity index (χ0n) is 7.97. The number of hydrogen-bond acceptors (Lipinski definition) is 3. The van der Waals surface area contributed by atoms with Crippen molar-refractivity contribution >= 4 is 17.6 Å². The van der Waals surface area contributed by atoms with Crippen molar-refractivity contribution in [1.29, 1.82) is 0 Å². The molecular weight excluding hydrogens is 180 g/mol. The third-order valence-electron chi connectivity index (χ3n) is 1.79. The molecule has 2 nitrogen and oxygen atoms in total. The van der Waals surface area contributed by atoms with E-state index in [0.29, 0.717) is 0 Å². The average Bonchev–Trinajstić information content (AvgIpc) is 2.15. The first-order chi connectivity index (χ1) is 6.24. The Morgan fingerprint density at radius 2 is 2.31 bits per heavy atom. The monoisotopic (exact) mass is 194 g/mol. The second kappa shape index (κ2) is 5.04. The van der Waals surface area contributed by atoms with Crippen LogP contribution in [0.25, 0.3) is 0 Å². The zero-order chi connectivity index (χ0) is 9.68. The Morgan fingerprint density at radius 3 is 2.77 bits per heavy atom. The van der Waals surface area contributed by atoms with E-state index in [-0.39, 0.29) is 5.92 Å². The summed E-state index contributed by atoms with van der Waals surface area (Å²) in [5, 5.41) is 1.78. The van der Waals surface area contributed by atoms with Crippen LogP contribution in [0.2, 0.25) is 0 Å². The standard InChI is InChI=1S/C10H14N2S/c1-12(2)7-9(8-13)10-5-3-4-6-11-10/h3-6,8-9H,7H2,1-2H3. The molecule has 0 amide bonds. The van der Waals surface area contributed by atoms with Crippen LogP contribution in [-0.4, -0.2) is 35.9 Å². The lowest BCUT2D eigenvalue weighted by atomic mass is 10.1. The summed E-state index contributed by atoms with van der Waals surface area (Å²) in [4.78, 5) is 6.39. The molecule has 0 bridgehead atoms. The van der Waals surface area contributed by atoms with Gasteiger partial charge in [0.25, 0.3) is 0 Å². The van der Waals surface area contributed by atoms with E-state index in [4.69, 9.17) is 12.2 Å². The summed E-state index contributed by atoms with van der Waals surface area (Å²) in [7, 11) is 4.07. The molecular formula is C10H14N2S. The largest absolute Gasteiger partial charge is 0.308 e. The Labute approximate surface area is 84.6 Å². The van der Waals surface area contributed by atoms with Crippen LogP contribution in [0.1, 0.15) is 11.6 Å². The summed E-state index contributed by atoms with van der Waals surface area (Å²) >= 11 is 4.98. The van der Waals surface area contributed by atoms with Gasteiger partial charge in [-0.05, 0) is 31.6 Å². The van der Waals surface area contributed by atoms with Crippen LogP contribution in [0.3, 0.4) is 0 Å². The molecule has 0 N–H and O–H groups in total. The first-order valence-electron chi connectivity index (χ1n) is 4.25. The van der Waals surface area contributed by atoms with Crippen molar-refractivity contribution in [2.75, 3.05) is 20.6 Å². The fourth-order valence-corrected chi connectivity index (χ4v) is 1.42. The molecule has 1 atom stereocenters. The van der Waals surface area contributed by atoms with Crippen molar-refractivity contribution in [3.8, 4) is 0 Å². The molecule has 0 aromatic carbocycles. The van der Waals surface area contributed by atoms with Gasteiger partial charge in [-0.1, -0.05) is 18.3 Å². The van der Waals surface area contributed by atoms with Crippen molar-refractivity contribution in [3.63, 3.8) is 0 Å². The SMILES string of the molecule is CN(C)CC(C=S)c1ccccn1. The summed E-state index contributed by atoms with van der Waals surface area (Å²) in [5.41, 5.74) is 1.05. The maximum atomic E-state index is 4.98. The smallest absolute Gasteiger partial charge is 0.0493 e. The average molecular weight is 194 g/mol. The Hall–Kier alpha value is -0.800. The van der Waals surface area contributed by atoms with E-state index >= 15 is 0 Å². The van der Waals surface area contributed by atoms with Gasteiger partial charge in [-0.2, -0.15) is 0 Å². The van der Waals surface area contributed by atoms with E-state index < -0.39 is 0 Å². The fraction of sp³-hybridized carbons (Fsp3) is 0.400. The van der Waals surface area contributed by atoms with Gasteiger partial charge in [-0.15, -0.1) is 0 Å². The molecule has 1 rings (SSSR count). The Morgan fingerprint density at radius 1 is 1.54 bits per heavy atom. The molecule has 0 saturated carbocycles. The van der Waals surface area contributed by atoms with Crippen LogP contribution in [0.5, 0.6) is 0 Å². The first kappa shape index (κ1) is 10.3. The molecule has 0 spiro atoms. The van der Waals surface area contributed by atoms with Crippen LogP contribution >= 0.6 is 12.2 Å². The minimum Gasteiger partial charge on any atom is -0.308 e. The van der Waals surface area contributed by atoms with Gasteiger partial charge in [0, 0.05) is 24.4 Å². The lowest BCUT2D eigenvalue weighted by Gasteiger charge is -2.15. The van der Waals surface area contributed by atoms with Gasteiger partial charge < -0.3 is 4.90 Å². The van der Waals surface area contributed by atoms with Gasteiger partial charge in [-0.3, -0.25) is 4.98 Å². The Kier molecular flexibility index (Phi) is 3.99. The number of nitrogens with zero attached hydrogens (tertiary/aromatic N) is 2. The highest BCUT2D eigenvalue weighted by Crippen LogP contribution is 2.10. The molecule has 0 aliphatic rings. The molecule has 0 aliphatic heterocycles.